The molecule has 2 N–H and O–H groups in total. The third kappa shape index (κ3) is 3.77. The Morgan fingerprint density at radius 3 is 1.65 bits per heavy atom. The third-order valence-corrected chi connectivity index (χ3v) is 3.76. The molecule has 120 valence electrons. The molecule has 4 heteroatoms. The van der Waals surface area contributed by atoms with Crippen LogP contribution < -0.4 is 10.6 Å². The number of hydrogen-bond donors (Lipinski definition) is 1. The lowest BCUT2D eigenvalue weighted by Gasteiger charge is -2.26. The Bertz CT molecular complexity index is 714. The van der Waals surface area contributed by atoms with Gasteiger partial charge in [-0.3, -0.25) is 14.5 Å². The van der Waals surface area contributed by atoms with E-state index >= 15 is 0 Å². The molecule has 2 amide bonds. The Balaban J connectivity index is 2.60. The van der Waals surface area contributed by atoms with Gasteiger partial charge in [-0.05, 0) is 51.0 Å². The zero-order valence-electron chi connectivity index (χ0n) is 14.0. The summed E-state index contributed by atoms with van der Waals surface area (Å²) >= 11 is 0. The second-order valence-corrected chi connectivity index (χ2v) is 5.95. The number of hydrogen-bond acceptors (Lipinski definition) is 2. The minimum atomic E-state index is -0.630. The van der Waals surface area contributed by atoms with Crippen LogP contribution in [0.5, 0.6) is 0 Å². The topological polar surface area (TPSA) is 63.4 Å². The second kappa shape index (κ2) is 6.65. The van der Waals surface area contributed by atoms with Gasteiger partial charge in [-0.25, -0.2) is 0 Å². The van der Waals surface area contributed by atoms with Crippen molar-refractivity contribution >= 4 is 23.2 Å². The number of nitrogens with zero attached hydrogens (tertiary/aromatic N) is 1. The Morgan fingerprint density at radius 1 is 0.870 bits per heavy atom. The van der Waals surface area contributed by atoms with Crippen LogP contribution in [-0.4, -0.2) is 11.8 Å². The van der Waals surface area contributed by atoms with Crippen molar-refractivity contribution in [3.05, 3.63) is 58.7 Å². The molecule has 0 aromatic heterocycles. The van der Waals surface area contributed by atoms with E-state index in [4.69, 9.17) is 5.73 Å². The van der Waals surface area contributed by atoms with Crippen molar-refractivity contribution in [3.63, 3.8) is 0 Å². The molecular weight excluding hydrogens is 288 g/mol. The molecule has 23 heavy (non-hydrogen) atoms. The molecule has 0 fully saturated rings. The number of carbonyl (C=O) groups excluding carboxylic acids is 2. The molecule has 0 aliphatic carbocycles. The van der Waals surface area contributed by atoms with Crippen LogP contribution in [0.4, 0.5) is 11.4 Å². The van der Waals surface area contributed by atoms with E-state index in [0.29, 0.717) is 0 Å². The van der Waals surface area contributed by atoms with Crippen LogP contribution in [0.25, 0.3) is 0 Å². The lowest BCUT2D eigenvalue weighted by molar-refractivity contribution is -0.125. The van der Waals surface area contributed by atoms with Gasteiger partial charge in [0.05, 0.1) is 11.4 Å². The molecule has 0 bridgehead atoms. The second-order valence-electron chi connectivity index (χ2n) is 5.95. The van der Waals surface area contributed by atoms with E-state index < -0.39 is 5.91 Å². The van der Waals surface area contributed by atoms with Gasteiger partial charge in [-0.2, -0.15) is 0 Å². The maximum atomic E-state index is 12.7. The van der Waals surface area contributed by atoms with E-state index in [1.54, 1.807) is 4.90 Å². The first-order valence-corrected chi connectivity index (χ1v) is 7.55. The van der Waals surface area contributed by atoms with Crippen LogP contribution in [0.2, 0.25) is 0 Å². The fourth-order valence-electron chi connectivity index (χ4n) is 2.74. The van der Waals surface area contributed by atoms with Gasteiger partial charge in [0.1, 0.15) is 6.42 Å². The molecule has 0 saturated carbocycles. The van der Waals surface area contributed by atoms with Crippen LogP contribution in [0.1, 0.15) is 28.7 Å². The largest absolute Gasteiger partial charge is 0.369 e. The van der Waals surface area contributed by atoms with Crippen molar-refractivity contribution in [1.82, 2.24) is 0 Å². The minimum Gasteiger partial charge on any atom is -0.369 e. The van der Waals surface area contributed by atoms with Crippen molar-refractivity contribution in [2.45, 2.75) is 34.1 Å². The van der Waals surface area contributed by atoms with Crippen LogP contribution >= 0.6 is 0 Å². The maximum absolute atomic E-state index is 12.7. The Hall–Kier alpha value is -2.62. The molecule has 4 nitrogen and oxygen atoms in total. The quantitative estimate of drug-likeness (QED) is 0.879. The molecule has 2 rings (SSSR count). The fourth-order valence-corrected chi connectivity index (χ4v) is 2.74. The standard InChI is InChI=1S/C19H22N2O2/c1-12-5-7-16(14(3)9-12)21(19(23)11-18(20)22)17-8-6-13(2)10-15(17)4/h5-10H,11H2,1-4H3,(H2,20,22). The smallest absolute Gasteiger partial charge is 0.240 e. The highest BCUT2D eigenvalue weighted by Crippen LogP contribution is 2.32. The predicted molar refractivity (Wildman–Crippen MR) is 92.8 cm³/mol. The normalized spacial score (nSPS) is 10.4. The summed E-state index contributed by atoms with van der Waals surface area (Å²) in [6.45, 7) is 7.92. The minimum absolute atomic E-state index is 0.319. The first-order valence-electron chi connectivity index (χ1n) is 7.55. The van der Waals surface area contributed by atoms with Gasteiger partial charge < -0.3 is 5.73 Å². The van der Waals surface area contributed by atoms with Crippen molar-refractivity contribution in [2.75, 3.05) is 4.90 Å². The first kappa shape index (κ1) is 16.7. The number of primary amides is 1. The first-order chi connectivity index (χ1) is 10.8. The van der Waals surface area contributed by atoms with Gasteiger partial charge in [-0.15, -0.1) is 0 Å². The maximum Gasteiger partial charge on any atom is 0.240 e. The summed E-state index contributed by atoms with van der Waals surface area (Å²) in [6, 6.07) is 11.8. The Labute approximate surface area is 136 Å². The SMILES string of the molecule is Cc1ccc(N(C(=O)CC(N)=O)c2ccc(C)cc2C)c(C)c1. The molecule has 0 atom stereocenters. The molecule has 0 unspecified atom stereocenters. The van der Waals surface area contributed by atoms with Gasteiger partial charge in [0, 0.05) is 0 Å². The van der Waals surface area contributed by atoms with E-state index in [-0.39, 0.29) is 12.3 Å². The van der Waals surface area contributed by atoms with Crippen molar-refractivity contribution in [1.29, 1.82) is 0 Å². The van der Waals surface area contributed by atoms with E-state index in [1.165, 1.54) is 0 Å². The predicted octanol–water partition coefficient (Wildman–Crippen LogP) is 3.46. The number of anilines is 2. The van der Waals surface area contributed by atoms with Gasteiger partial charge in [0.25, 0.3) is 0 Å². The van der Waals surface area contributed by atoms with Crippen LogP contribution in [-0.2, 0) is 9.59 Å². The molecule has 0 aliphatic rings. The molecule has 0 spiro atoms. The number of aryl methyl sites for hydroxylation is 4. The number of carbonyl (C=O) groups is 2. The van der Waals surface area contributed by atoms with Gasteiger partial charge in [0.15, 0.2) is 0 Å². The average molecular weight is 310 g/mol. The van der Waals surface area contributed by atoms with Crippen LogP contribution in [0, 0.1) is 27.7 Å². The van der Waals surface area contributed by atoms with E-state index in [2.05, 4.69) is 0 Å². The van der Waals surface area contributed by atoms with E-state index in [9.17, 15) is 9.59 Å². The molecule has 2 aromatic rings. The Morgan fingerprint density at radius 2 is 1.30 bits per heavy atom. The van der Waals surface area contributed by atoms with Gasteiger partial charge >= 0.3 is 0 Å². The van der Waals surface area contributed by atoms with Crippen molar-refractivity contribution in [3.8, 4) is 0 Å². The van der Waals surface area contributed by atoms with E-state index in [0.717, 1.165) is 33.6 Å². The summed E-state index contributed by atoms with van der Waals surface area (Å²) in [7, 11) is 0. The van der Waals surface area contributed by atoms with Crippen LogP contribution in [0.15, 0.2) is 36.4 Å². The molecular formula is C19H22N2O2. The summed E-state index contributed by atoms with van der Waals surface area (Å²) in [5.74, 6) is -0.953. The molecule has 2 aromatic carbocycles. The lowest BCUT2D eigenvalue weighted by Crippen LogP contribution is -2.31. The number of rotatable bonds is 4. The number of amides is 2. The highest BCUT2D eigenvalue weighted by molar-refractivity contribution is 6.09. The van der Waals surface area contributed by atoms with Crippen LogP contribution in [0.3, 0.4) is 0 Å². The zero-order valence-corrected chi connectivity index (χ0v) is 14.0. The molecule has 0 radical (unpaired) electrons. The summed E-state index contributed by atoms with van der Waals surface area (Å²) in [5.41, 5.74) is 11.0. The summed E-state index contributed by atoms with van der Waals surface area (Å²) in [4.78, 5) is 25.5. The monoisotopic (exact) mass is 310 g/mol. The Kier molecular flexibility index (Phi) is 4.84. The fraction of sp³-hybridized carbons (Fsp3) is 0.263. The van der Waals surface area contributed by atoms with Crippen molar-refractivity contribution < 1.29 is 9.59 Å². The molecule has 0 saturated heterocycles. The lowest BCUT2D eigenvalue weighted by atomic mass is 10.1. The summed E-state index contributed by atoms with van der Waals surface area (Å²) in [6.07, 6.45) is -0.319. The highest BCUT2D eigenvalue weighted by Gasteiger charge is 2.22. The number of benzene rings is 2. The zero-order chi connectivity index (χ0) is 17.1. The summed E-state index contributed by atoms with van der Waals surface area (Å²) < 4.78 is 0. The highest BCUT2D eigenvalue weighted by atomic mass is 16.2. The molecule has 0 heterocycles. The average Bonchev–Trinajstić information content (AvgIpc) is 2.42. The number of nitrogens with two attached hydrogens (primary N) is 1. The van der Waals surface area contributed by atoms with E-state index in [1.807, 2.05) is 64.1 Å². The summed E-state index contributed by atoms with van der Waals surface area (Å²) in [5, 5.41) is 0. The van der Waals surface area contributed by atoms with Crippen molar-refractivity contribution in [2.24, 2.45) is 5.73 Å². The third-order valence-electron chi connectivity index (χ3n) is 3.76. The van der Waals surface area contributed by atoms with Gasteiger partial charge in [-0.1, -0.05) is 35.4 Å². The van der Waals surface area contributed by atoms with Gasteiger partial charge in [0.2, 0.25) is 11.8 Å². The molecule has 0 aliphatic heterocycles.